The quantitative estimate of drug-likeness (QED) is 0.717. The molecule has 2 aromatic heterocycles. The first-order valence-electron chi connectivity index (χ1n) is 7.87. The van der Waals surface area contributed by atoms with Gasteiger partial charge in [-0.1, -0.05) is 0 Å². The van der Waals surface area contributed by atoms with Gasteiger partial charge >= 0.3 is 0 Å². The van der Waals surface area contributed by atoms with Crippen molar-refractivity contribution in [3.8, 4) is 0 Å². The lowest BCUT2D eigenvalue weighted by molar-refractivity contribution is 0.194. The van der Waals surface area contributed by atoms with E-state index in [1.54, 1.807) is 0 Å². The topological polar surface area (TPSA) is 86.2 Å². The number of pyridine rings is 1. The van der Waals surface area contributed by atoms with Crippen molar-refractivity contribution in [3.63, 3.8) is 0 Å². The monoisotopic (exact) mass is 392 g/mol. The maximum absolute atomic E-state index is 10.1. The molecule has 0 spiro atoms. The minimum atomic E-state index is -0.362. The summed E-state index contributed by atoms with van der Waals surface area (Å²) in [5, 5.41) is 16.5. The number of aromatic nitrogens is 3. The van der Waals surface area contributed by atoms with Crippen molar-refractivity contribution in [2.45, 2.75) is 25.5 Å². The molecule has 0 aromatic carbocycles. The van der Waals surface area contributed by atoms with Crippen LogP contribution in [0.3, 0.4) is 0 Å². The van der Waals surface area contributed by atoms with E-state index >= 15 is 0 Å². The number of aliphatic hydroxyl groups is 1. The van der Waals surface area contributed by atoms with Gasteiger partial charge in [0.25, 0.3) is 0 Å². The Morgan fingerprint density at radius 1 is 1.33 bits per heavy atom. The maximum atomic E-state index is 10.1. The van der Waals surface area contributed by atoms with Gasteiger partial charge in [-0.3, -0.25) is 0 Å². The molecular weight excluding hydrogens is 372 g/mol. The second-order valence-electron chi connectivity index (χ2n) is 5.93. The number of aliphatic hydroxyl groups excluding tert-OH is 1. The number of β-amino-alcohol motifs (C(OH)–C–C–N with tert-alkyl or cyclic N) is 1. The molecule has 24 heavy (non-hydrogen) atoms. The van der Waals surface area contributed by atoms with Crippen LogP contribution in [0.15, 0.2) is 29.1 Å². The number of hydrogen-bond acceptors (Lipinski definition) is 7. The maximum Gasteiger partial charge on any atom is 0.140 e. The fourth-order valence-electron chi connectivity index (χ4n) is 2.89. The van der Waals surface area contributed by atoms with Gasteiger partial charge in [-0.15, -0.1) is 0 Å². The molecule has 8 heteroatoms. The van der Waals surface area contributed by atoms with E-state index < -0.39 is 0 Å². The van der Waals surface area contributed by atoms with Gasteiger partial charge in [0.05, 0.1) is 16.6 Å². The van der Waals surface area contributed by atoms with Gasteiger partial charge in [0, 0.05) is 32.4 Å². The molecule has 7 nitrogen and oxygen atoms in total. The standard InChI is InChI=1S/C16H21BrN6O/c1-10-3-13(17)16(19-6-10)20-7-11-4-12(24)8-23(11)15-5-14(18-2)21-9-22-15/h3,5-6,9,11-12,24H,4,7-8H2,1-2H3,(H,19,20)(H,18,21,22)/t11-,12-/m1/s1. The van der Waals surface area contributed by atoms with Crippen LogP contribution in [0.5, 0.6) is 0 Å². The summed E-state index contributed by atoms with van der Waals surface area (Å²) in [6.45, 7) is 3.24. The van der Waals surface area contributed by atoms with E-state index in [-0.39, 0.29) is 12.1 Å². The predicted octanol–water partition coefficient (Wildman–Crippen LogP) is 2.04. The molecule has 3 rings (SSSR count). The molecule has 0 aliphatic carbocycles. The lowest BCUT2D eigenvalue weighted by Crippen LogP contribution is -2.35. The number of nitrogens with one attached hydrogen (secondary N) is 2. The average Bonchev–Trinajstić information content (AvgIpc) is 2.95. The summed E-state index contributed by atoms with van der Waals surface area (Å²) in [5.74, 6) is 2.38. The van der Waals surface area contributed by atoms with Gasteiger partial charge in [0.15, 0.2) is 0 Å². The molecule has 1 aliphatic heterocycles. The van der Waals surface area contributed by atoms with Crippen LogP contribution in [-0.4, -0.2) is 52.3 Å². The molecular formula is C16H21BrN6O. The summed E-state index contributed by atoms with van der Waals surface area (Å²) < 4.78 is 0.937. The smallest absolute Gasteiger partial charge is 0.140 e. The first-order valence-corrected chi connectivity index (χ1v) is 8.66. The zero-order valence-corrected chi connectivity index (χ0v) is 15.3. The Balaban J connectivity index is 1.73. The van der Waals surface area contributed by atoms with Crippen LogP contribution in [0.25, 0.3) is 0 Å². The van der Waals surface area contributed by atoms with Crippen molar-refractivity contribution in [2.24, 2.45) is 0 Å². The van der Waals surface area contributed by atoms with Crippen LogP contribution >= 0.6 is 15.9 Å². The van der Waals surface area contributed by atoms with E-state index in [4.69, 9.17) is 0 Å². The second kappa shape index (κ2) is 7.31. The summed E-state index contributed by atoms with van der Waals surface area (Å²) in [4.78, 5) is 15.0. The van der Waals surface area contributed by atoms with E-state index in [0.717, 1.165) is 27.5 Å². The van der Waals surface area contributed by atoms with Crippen LogP contribution in [0.1, 0.15) is 12.0 Å². The van der Waals surface area contributed by atoms with Crippen LogP contribution in [-0.2, 0) is 0 Å². The number of hydrogen-bond donors (Lipinski definition) is 3. The third-order valence-corrected chi connectivity index (χ3v) is 4.68. The second-order valence-corrected chi connectivity index (χ2v) is 6.79. The molecule has 0 amide bonds. The number of anilines is 3. The van der Waals surface area contributed by atoms with Crippen molar-refractivity contribution < 1.29 is 5.11 Å². The minimum absolute atomic E-state index is 0.134. The molecule has 1 saturated heterocycles. The van der Waals surface area contributed by atoms with E-state index in [1.807, 2.05) is 32.3 Å². The van der Waals surface area contributed by atoms with Crippen molar-refractivity contribution >= 4 is 33.4 Å². The number of nitrogens with zero attached hydrogens (tertiary/aromatic N) is 4. The number of rotatable bonds is 5. The van der Waals surface area contributed by atoms with Gasteiger partial charge in [-0.2, -0.15) is 0 Å². The largest absolute Gasteiger partial charge is 0.391 e. The molecule has 0 unspecified atom stereocenters. The molecule has 0 radical (unpaired) electrons. The first kappa shape index (κ1) is 16.9. The Morgan fingerprint density at radius 3 is 2.92 bits per heavy atom. The van der Waals surface area contributed by atoms with Crippen LogP contribution in [0.2, 0.25) is 0 Å². The van der Waals surface area contributed by atoms with Crippen molar-refractivity contribution in [3.05, 3.63) is 34.7 Å². The number of halogens is 1. The zero-order valence-electron chi connectivity index (χ0n) is 13.7. The Morgan fingerprint density at radius 2 is 2.17 bits per heavy atom. The van der Waals surface area contributed by atoms with E-state index in [9.17, 15) is 5.11 Å². The van der Waals surface area contributed by atoms with Gasteiger partial charge in [-0.25, -0.2) is 15.0 Å². The Kier molecular flexibility index (Phi) is 5.15. The zero-order chi connectivity index (χ0) is 17.1. The third-order valence-electron chi connectivity index (χ3n) is 4.08. The van der Waals surface area contributed by atoms with Crippen LogP contribution in [0, 0.1) is 6.92 Å². The summed E-state index contributed by atoms with van der Waals surface area (Å²) >= 11 is 3.53. The average molecular weight is 393 g/mol. The Bertz CT molecular complexity index is 713. The fourth-order valence-corrected chi connectivity index (χ4v) is 3.49. The lowest BCUT2D eigenvalue weighted by atomic mass is 10.2. The normalized spacial score (nSPS) is 20.2. The van der Waals surface area contributed by atoms with E-state index in [1.165, 1.54) is 6.33 Å². The Hall–Kier alpha value is -1.93. The Labute approximate surface area is 149 Å². The van der Waals surface area contributed by atoms with Gasteiger partial charge in [-0.05, 0) is 40.9 Å². The van der Waals surface area contributed by atoms with Crippen molar-refractivity contribution in [2.75, 3.05) is 35.7 Å². The van der Waals surface area contributed by atoms with Gasteiger partial charge in [0.1, 0.15) is 23.8 Å². The summed E-state index contributed by atoms with van der Waals surface area (Å²) in [5.41, 5.74) is 1.10. The molecule has 1 aliphatic rings. The SMILES string of the molecule is CNc1cc(N2C[C@H](O)C[C@@H]2CNc2ncc(C)cc2Br)ncn1. The third kappa shape index (κ3) is 3.76. The minimum Gasteiger partial charge on any atom is -0.391 e. The summed E-state index contributed by atoms with van der Waals surface area (Å²) in [6, 6.07) is 4.06. The first-order chi connectivity index (χ1) is 11.6. The van der Waals surface area contributed by atoms with Crippen LogP contribution in [0.4, 0.5) is 17.5 Å². The van der Waals surface area contributed by atoms with E-state index in [2.05, 4.69) is 46.4 Å². The highest BCUT2D eigenvalue weighted by atomic mass is 79.9. The van der Waals surface area contributed by atoms with Gasteiger partial charge < -0.3 is 20.6 Å². The molecule has 3 N–H and O–H groups in total. The van der Waals surface area contributed by atoms with Crippen molar-refractivity contribution in [1.29, 1.82) is 0 Å². The number of aryl methyl sites for hydroxylation is 1. The molecule has 0 bridgehead atoms. The van der Waals surface area contributed by atoms with E-state index in [0.29, 0.717) is 19.5 Å². The molecule has 1 fully saturated rings. The highest BCUT2D eigenvalue weighted by Crippen LogP contribution is 2.26. The highest BCUT2D eigenvalue weighted by Gasteiger charge is 2.32. The van der Waals surface area contributed by atoms with Gasteiger partial charge in [0.2, 0.25) is 0 Å². The van der Waals surface area contributed by atoms with Crippen LogP contribution < -0.4 is 15.5 Å². The molecule has 3 heterocycles. The fraction of sp³-hybridized carbons (Fsp3) is 0.438. The predicted molar refractivity (Wildman–Crippen MR) is 98.5 cm³/mol. The summed E-state index contributed by atoms with van der Waals surface area (Å²) in [7, 11) is 1.82. The molecule has 2 aromatic rings. The highest BCUT2D eigenvalue weighted by molar-refractivity contribution is 9.10. The lowest BCUT2D eigenvalue weighted by Gasteiger charge is -2.26. The molecule has 0 saturated carbocycles. The summed E-state index contributed by atoms with van der Waals surface area (Å²) in [6.07, 6.45) is 3.70. The molecule has 2 atom stereocenters. The van der Waals surface area contributed by atoms with Crippen molar-refractivity contribution in [1.82, 2.24) is 15.0 Å². The molecule has 128 valence electrons.